The van der Waals surface area contributed by atoms with E-state index in [9.17, 15) is 9.59 Å². The first-order valence-corrected chi connectivity index (χ1v) is 9.92. The Balaban J connectivity index is 0.00000338. The van der Waals surface area contributed by atoms with Gasteiger partial charge < -0.3 is 4.79 Å². The molecule has 0 radical (unpaired) electrons. The standard InChI is InChI=1S/C22H26O2S.CH4/c1-3-5-15-22(4-2,16-23)17-25-20-14-10-9-13-19(20)21(24)18-11-7-6-8-12-18;/h6-14,16H,3-5,15,17H2,1-2H3;1H4. The molecular formula is C23H30O2S. The van der Waals surface area contributed by atoms with E-state index in [1.165, 1.54) is 0 Å². The normalized spacial score (nSPS) is 12.7. The van der Waals surface area contributed by atoms with Crippen LogP contribution in [0.3, 0.4) is 0 Å². The first-order chi connectivity index (χ1) is 12.2. The van der Waals surface area contributed by atoms with Crippen LogP contribution in [0.4, 0.5) is 0 Å². The molecular weight excluding hydrogens is 340 g/mol. The Kier molecular flexibility index (Phi) is 9.36. The highest BCUT2D eigenvalue weighted by Crippen LogP contribution is 2.35. The lowest BCUT2D eigenvalue weighted by molar-refractivity contribution is -0.115. The van der Waals surface area contributed by atoms with E-state index >= 15 is 0 Å². The highest BCUT2D eigenvalue weighted by Gasteiger charge is 2.28. The van der Waals surface area contributed by atoms with E-state index in [2.05, 4.69) is 13.8 Å². The van der Waals surface area contributed by atoms with Crippen LogP contribution in [0, 0.1) is 5.41 Å². The molecule has 2 rings (SSSR count). The summed E-state index contributed by atoms with van der Waals surface area (Å²) in [6.45, 7) is 4.22. The summed E-state index contributed by atoms with van der Waals surface area (Å²) in [5.74, 6) is 0.747. The maximum Gasteiger partial charge on any atom is 0.194 e. The molecule has 2 nitrogen and oxygen atoms in total. The van der Waals surface area contributed by atoms with Crippen molar-refractivity contribution >= 4 is 23.8 Å². The molecule has 140 valence electrons. The Morgan fingerprint density at radius 2 is 1.69 bits per heavy atom. The summed E-state index contributed by atoms with van der Waals surface area (Å²) in [5, 5.41) is 0. The van der Waals surface area contributed by atoms with Crippen molar-refractivity contribution in [1.29, 1.82) is 0 Å². The first-order valence-electron chi connectivity index (χ1n) is 8.93. The fourth-order valence-corrected chi connectivity index (χ4v) is 4.15. The van der Waals surface area contributed by atoms with Gasteiger partial charge in [-0.15, -0.1) is 11.8 Å². The second kappa shape index (κ2) is 11.0. The fourth-order valence-electron chi connectivity index (χ4n) is 2.80. The Labute approximate surface area is 162 Å². The summed E-state index contributed by atoms with van der Waals surface area (Å²) >= 11 is 1.62. The largest absolute Gasteiger partial charge is 0.303 e. The number of ketones is 1. The van der Waals surface area contributed by atoms with Crippen LogP contribution >= 0.6 is 11.8 Å². The lowest BCUT2D eigenvalue weighted by Crippen LogP contribution is -2.25. The van der Waals surface area contributed by atoms with Crippen molar-refractivity contribution in [3.8, 4) is 0 Å². The smallest absolute Gasteiger partial charge is 0.194 e. The quantitative estimate of drug-likeness (QED) is 0.274. The monoisotopic (exact) mass is 370 g/mol. The Hall–Kier alpha value is -1.87. The van der Waals surface area contributed by atoms with E-state index in [0.29, 0.717) is 16.9 Å². The van der Waals surface area contributed by atoms with E-state index in [-0.39, 0.29) is 18.6 Å². The van der Waals surface area contributed by atoms with Crippen LogP contribution in [-0.4, -0.2) is 17.8 Å². The highest BCUT2D eigenvalue weighted by molar-refractivity contribution is 7.99. The minimum Gasteiger partial charge on any atom is -0.303 e. The number of hydrogen-bond acceptors (Lipinski definition) is 3. The van der Waals surface area contributed by atoms with Crippen molar-refractivity contribution in [2.24, 2.45) is 5.41 Å². The number of benzene rings is 2. The molecule has 0 heterocycles. The van der Waals surface area contributed by atoms with Gasteiger partial charge in [-0.1, -0.05) is 76.6 Å². The van der Waals surface area contributed by atoms with Gasteiger partial charge in [0.25, 0.3) is 0 Å². The van der Waals surface area contributed by atoms with Crippen molar-refractivity contribution < 1.29 is 9.59 Å². The number of thioether (sulfide) groups is 1. The van der Waals surface area contributed by atoms with Crippen LogP contribution in [0.25, 0.3) is 0 Å². The van der Waals surface area contributed by atoms with Crippen LogP contribution in [0.2, 0.25) is 0 Å². The number of carbonyl (C=O) groups is 2. The van der Waals surface area contributed by atoms with Crippen LogP contribution in [-0.2, 0) is 4.79 Å². The lowest BCUT2D eigenvalue weighted by Gasteiger charge is -2.26. The summed E-state index contributed by atoms with van der Waals surface area (Å²) in [6, 6.07) is 17.0. The van der Waals surface area contributed by atoms with Gasteiger partial charge in [-0.05, 0) is 25.0 Å². The van der Waals surface area contributed by atoms with Crippen LogP contribution in [0.5, 0.6) is 0 Å². The summed E-state index contributed by atoms with van der Waals surface area (Å²) in [7, 11) is 0. The third kappa shape index (κ3) is 5.57. The molecule has 0 saturated carbocycles. The third-order valence-electron chi connectivity index (χ3n) is 4.67. The molecule has 26 heavy (non-hydrogen) atoms. The van der Waals surface area contributed by atoms with Gasteiger partial charge in [0, 0.05) is 27.2 Å². The van der Waals surface area contributed by atoms with Gasteiger partial charge in [0.1, 0.15) is 6.29 Å². The molecule has 0 saturated heterocycles. The van der Waals surface area contributed by atoms with Gasteiger partial charge in [-0.25, -0.2) is 0 Å². The van der Waals surface area contributed by atoms with Crippen molar-refractivity contribution in [3.05, 3.63) is 65.7 Å². The summed E-state index contributed by atoms with van der Waals surface area (Å²) < 4.78 is 0. The number of hydrogen-bond donors (Lipinski definition) is 0. The molecule has 1 unspecified atom stereocenters. The first kappa shape index (κ1) is 22.2. The van der Waals surface area contributed by atoms with E-state index in [1.807, 2.05) is 54.6 Å². The summed E-state index contributed by atoms with van der Waals surface area (Å²) in [6.07, 6.45) is 5.00. The number of unbranched alkanes of at least 4 members (excludes halogenated alkanes) is 1. The fraction of sp³-hybridized carbons (Fsp3) is 0.391. The van der Waals surface area contributed by atoms with E-state index < -0.39 is 0 Å². The lowest BCUT2D eigenvalue weighted by atomic mass is 9.84. The van der Waals surface area contributed by atoms with E-state index in [4.69, 9.17) is 0 Å². The average Bonchev–Trinajstić information content (AvgIpc) is 2.69. The average molecular weight is 371 g/mol. The van der Waals surface area contributed by atoms with Crippen molar-refractivity contribution in [2.75, 3.05) is 5.75 Å². The minimum absolute atomic E-state index is 0. The Bertz CT molecular complexity index is 696. The second-order valence-electron chi connectivity index (χ2n) is 6.42. The number of carbonyl (C=O) groups excluding carboxylic acids is 2. The van der Waals surface area contributed by atoms with Gasteiger partial charge in [0.15, 0.2) is 5.78 Å². The molecule has 0 aliphatic rings. The molecule has 2 aromatic carbocycles. The molecule has 0 aliphatic heterocycles. The molecule has 0 aliphatic carbocycles. The Morgan fingerprint density at radius 3 is 2.31 bits per heavy atom. The molecule has 1 atom stereocenters. The molecule has 0 N–H and O–H groups in total. The SMILES string of the molecule is C.CCCCC(C=O)(CC)CSc1ccccc1C(=O)c1ccccc1. The topological polar surface area (TPSA) is 34.1 Å². The van der Waals surface area contributed by atoms with E-state index in [1.54, 1.807) is 11.8 Å². The van der Waals surface area contributed by atoms with Crippen LogP contribution in [0.15, 0.2) is 59.5 Å². The molecule has 3 heteroatoms. The molecule has 0 bridgehead atoms. The second-order valence-corrected chi connectivity index (χ2v) is 7.43. The maximum absolute atomic E-state index is 12.8. The molecule has 2 aromatic rings. The van der Waals surface area contributed by atoms with Crippen molar-refractivity contribution in [3.63, 3.8) is 0 Å². The predicted molar refractivity (Wildman–Crippen MR) is 112 cm³/mol. The van der Waals surface area contributed by atoms with Crippen LogP contribution in [0.1, 0.15) is 62.9 Å². The molecule has 0 amide bonds. The zero-order valence-corrected chi connectivity index (χ0v) is 15.9. The number of aldehydes is 1. The summed E-state index contributed by atoms with van der Waals surface area (Å²) in [4.78, 5) is 25.5. The molecule has 0 fully saturated rings. The maximum atomic E-state index is 12.8. The minimum atomic E-state index is -0.302. The van der Waals surface area contributed by atoms with Gasteiger partial charge in [-0.2, -0.15) is 0 Å². The molecule has 0 aromatic heterocycles. The summed E-state index contributed by atoms with van der Waals surface area (Å²) in [5.41, 5.74) is 1.10. The van der Waals surface area contributed by atoms with Crippen molar-refractivity contribution in [1.82, 2.24) is 0 Å². The Morgan fingerprint density at radius 1 is 1.04 bits per heavy atom. The third-order valence-corrected chi connectivity index (χ3v) is 6.05. The van der Waals surface area contributed by atoms with Gasteiger partial charge in [0.05, 0.1) is 0 Å². The van der Waals surface area contributed by atoms with Crippen LogP contribution < -0.4 is 0 Å². The molecule has 0 spiro atoms. The number of rotatable bonds is 10. The van der Waals surface area contributed by atoms with Gasteiger partial charge in [0.2, 0.25) is 0 Å². The highest BCUT2D eigenvalue weighted by atomic mass is 32.2. The predicted octanol–water partition coefficient (Wildman–Crippen LogP) is 6.43. The zero-order valence-electron chi connectivity index (χ0n) is 15.0. The zero-order chi connectivity index (χ0) is 18.1. The van der Waals surface area contributed by atoms with Gasteiger partial charge >= 0.3 is 0 Å². The van der Waals surface area contributed by atoms with Crippen molar-refractivity contribution in [2.45, 2.75) is 51.9 Å². The van der Waals surface area contributed by atoms with Gasteiger partial charge in [-0.3, -0.25) is 4.79 Å². The van der Waals surface area contributed by atoms with E-state index in [0.717, 1.165) is 36.9 Å².